The lowest BCUT2D eigenvalue weighted by Crippen LogP contribution is -2.30. The standard InChI is InChI=1S/C26H24N4O2/c1-18-22(9-5-10-24(18)32-17-19-7-3-2-4-8-19)20-11-12-23-21(15-20)16-29-30(25(23)31)26-27-13-6-14-28-26/h2-10,13-14,16,20H,11-12,15,17H2,1H3. The van der Waals surface area contributed by atoms with Gasteiger partial charge in [-0.25, -0.2) is 9.97 Å². The molecule has 0 bridgehead atoms. The van der Waals surface area contributed by atoms with Crippen molar-refractivity contribution >= 4 is 0 Å². The average Bonchev–Trinajstić information content (AvgIpc) is 2.85. The Kier molecular flexibility index (Phi) is 5.50. The molecule has 0 saturated heterocycles. The van der Waals surface area contributed by atoms with Crippen LogP contribution in [0.1, 0.15) is 40.2 Å². The second kappa shape index (κ2) is 8.75. The minimum absolute atomic E-state index is 0.121. The van der Waals surface area contributed by atoms with Crippen LogP contribution in [-0.2, 0) is 19.4 Å². The second-order valence-electron chi connectivity index (χ2n) is 8.10. The number of ether oxygens (including phenoxy) is 1. The van der Waals surface area contributed by atoms with E-state index in [4.69, 9.17) is 4.74 Å². The van der Waals surface area contributed by atoms with E-state index < -0.39 is 0 Å². The highest BCUT2D eigenvalue weighted by Gasteiger charge is 2.25. The zero-order valence-electron chi connectivity index (χ0n) is 17.9. The van der Waals surface area contributed by atoms with E-state index in [2.05, 4.69) is 46.3 Å². The largest absolute Gasteiger partial charge is 0.489 e. The van der Waals surface area contributed by atoms with Crippen LogP contribution in [0.3, 0.4) is 0 Å². The molecule has 1 atom stereocenters. The first-order chi connectivity index (χ1) is 15.7. The molecule has 6 heteroatoms. The number of hydrogen-bond donors (Lipinski definition) is 0. The lowest BCUT2D eigenvalue weighted by atomic mass is 9.79. The first-order valence-corrected chi connectivity index (χ1v) is 10.8. The molecular formula is C26H24N4O2. The van der Waals surface area contributed by atoms with Gasteiger partial charge in [0.25, 0.3) is 11.5 Å². The average molecular weight is 425 g/mol. The number of aromatic nitrogens is 4. The van der Waals surface area contributed by atoms with Crippen LogP contribution in [0.2, 0.25) is 0 Å². The number of hydrogen-bond acceptors (Lipinski definition) is 5. The normalized spacial score (nSPS) is 15.2. The fraction of sp³-hybridized carbons (Fsp3) is 0.231. The highest BCUT2D eigenvalue weighted by Crippen LogP contribution is 2.35. The predicted molar refractivity (Wildman–Crippen MR) is 122 cm³/mol. The number of benzene rings is 2. The summed E-state index contributed by atoms with van der Waals surface area (Å²) in [5.41, 5.74) is 5.29. The monoisotopic (exact) mass is 424 g/mol. The van der Waals surface area contributed by atoms with Gasteiger partial charge in [-0.3, -0.25) is 4.79 Å². The molecule has 2 aromatic heterocycles. The maximum atomic E-state index is 13.0. The van der Waals surface area contributed by atoms with Crippen LogP contribution in [0.4, 0.5) is 0 Å². The molecule has 1 aliphatic carbocycles. The molecule has 0 spiro atoms. The molecule has 0 fully saturated rings. The minimum atomic E-state index is -0.121. The Hall–Kier alpha value is -3.80. The minimum Gasteiger partial charge on any atom is -0.489 e. The summed E-state index contributed by atoms with van der Waals surface area (Å²) in [4.78, 5) is 21.3. The molecule has 0 radical (unpaired) electrons. The number of rotatable bonds is 5. The van der Waals surface area contributed by atoms with Crippen LogP contribution in [0.25, 0.3) is 5.95 Å². The molecule has 0 amide bonds. The predicted octanol–water partition coefficient (Wildman–Crippen LogP) is 4.18. The van der Waals surface area contributed by atoms with Gasteiger partial charge in [0.15, 0.2) is 0 Å². The summed E-state index contributed by atoms with van der Waals surface area (Å²) in [6.45, 7) is 2.66. The quantitative estimate of drug-likeness (QED) is 0.481. The van der Waals surface area contributed by atoms with Crippen molar-refractivity contribution in [2.75, 3.05) is 0 Å². The van der Waals surface area contributed by atoms with Crippen molar-refractivity contribution in [3.63, 3.8) is 0 Å². The summed E-state index contributed by atoms with van der Waals surface area (Å²) in [5, 5.41) is 4.35. The van der Waals surface area contributed by atoms with Crippen LogP contribution >= 0.6 is 0 Å². The molecule has 5 rings (SSSR count). The summed E-state index contributed by atoms with van der Waals surface area (Å²) >= 11 is 0. The summed E-state index contributed by atoms with van der Waals surface area (Å²) in [7, 11) is 0. The van der Waals surface area contributed by atoms with Crippen LogP contribution in [-0.4, -0.2) is 19.7 Å². The van der Waals surface area contributed by atoms with Gasteiger partial charge < -0.3 is 4.74 Å². The van der Waals surface area contributed by atoms with Gasteiger partial charge in [-0.2, -0.15) is 9.78 Å². The molecule has 1 unspecified atom stereocenters. The Morgan fingerprint density at radius 3 is 2.66 bits per heavy atom. The molecule has 4 aromatic rings. The molecule has 6 nitrogen and oxygen atoms in total. The molecule has 1 aliphatic rings. The van der Waals surface area contributed by atoms with Crippen molar-refractivity contribution < 1.29 is 4.74 Å². The van der Waals surface area contributed by atoms with Gasteiger partial charge in [0, 0.05) is 18.0 Å². The zero-order chi connectivity index (χ0) is 21.9. The molecular weight excluding hydrogens is 400 g/mol. The van der Waals surface area contributed by atoms with E-state index in [1.165, 1.54) is 10.2 Å². The van der Waals surface area contributed by atoms with Crippen molar-refractivity contribution in [1.82, 2.24) is 19.7 Å². The molecule has 0 N–H and O–H groups in total. The molecule has 160 valence electrons. The van der Waals surface area contributed by atoms with Crippen LogP contribution in [0, 0.1) is 6.92 Å². The van der Waals surface area contributed by atoms with E-state index in [1.807, 2.05) is 24.3 Å². The molecule has 0 saturated carbocycles. The highest BCUT2D eigenvalue weighted by atomic mass is 16.5. The first kappa shape index (κ1) is 20.1. The van der Waals surface area contributed by atoms with Crippen LogP contribution < -0.4 is 10.3 Å². The van der Waals surface area contributed by atoms with Crippen molar-refractivity contribution in [3.8, 4) is 11.7 Å². The Morgan fingerprint density at radius 2 is 1.84 bits per heavy atom. The van der Waals surface area contributed by atoms with Gasteiger partial charge in [0.05, 0.1) is 6.20 Å². The Labute approximate surface area is 186 Å². The van der Waals surface area contributed by atoms with E-state index >= 15 is 0 Å². The van der Waals surface area contributed by atoms with Crippen molar-refractivity contribution in [2.45, 2.75) is 38.7 Å². The van der Waals surface area contributed by atoms with Crippen LogP contribution in [0.15, 0.2) is 78.0 Å². The second-order valence-corrected chi connectivity index (χ2v) is 8.10. The Bertz CT molecular complexity index is 1290. The Morgan fingerprint density at radius 1 is 1.03 bits per heavy atom. The SMILES string of the molecule is Cc1c(OCc2ccccc2)cccc1C1CCc2c(cnn(-c3ncccn3)c2=O)C1. The summed E-state index contributed by atoms with van der Waals surface area (Å²) in [6, 6.07) is 18.2. The topological polar surface area (TPSA) is 69.9 Å². The van der Waals surface area contributed by atoms with Gasteiger partial charge in [0.2, 0.25) is 0 Å². The van der Waals surface area contributed by atoms with Gasteiger partial charge in [0.1, 0.15) is 12.4 Å². The number of nitrogens with zero attached hydrogens (tertiary/aromatic N) is 4. The summed E-state index contributed by atoms with van der Waals surface area (Å²) in [6.07, 6.45) is 7.43. The van der Waals surface area contributed by atoms with E-state index in [9.17, 15) is 4.79 Å². The summed E-state index contributed by atoms with van der Waals surface area (Å²) < 4.78 is 7.42. The number of fused-ring (bicyclic) bond motifs is 1. The maximum absolute atomic E-state index is 13.0. The highest BCUT2D eigenvalue weighted by molar-refractivity contribution is 5.43. The van der Waals surface area contributed by atoms with E-state index in [-0.39, 0.29) is 5.56 Å². The molecule has 32 heavy (non-hydrogen) atoms. The first-order valence-electron chi connectivity index (χ1n) is 10.8. The van der Waals surface area contributed by atoms with Gasteiger partial charge >= 0.3 is 0 Å². The molecule has 0 aliphatic heterocycles. The van der Waals surface area contributed by atoms with Crippen molar-refractivity contribution in [3.05, 3.63) is 111 Å². The third kappa shape index (κ3) is 3.91. The van der Waals surface area contributed by atoms with Crippen molar-refractivity contribution in [2.24, 2.45) is 0 Å². The van der Waals surface area contributed by atoms with Gasteiger partial charge in [-0.1, -0.05) is 42.5 Å². The van der Waals surface area contributed by atoms with E-state index in [0.717, 1.165) is 40.8 Å². The van der Waals surface area contributed by atoms with Crippen LogP contribution in [0.5, 0.6) is 5.75 Å². The smallest absolute Gasteiger partial charge is 0.277 e. The van der Waals surface area contributed by atoms with E-state index in [0.29, 0.717) is 24.9 Å². The summed E-state index contributed by atoms with van der Waals surface area (Å²) in [5.74, 6) is 1.54. The van der Waals surface area contributed by atoms with Crippen molar-refractivity contribution in [1.29, 1.82) is 0 Å². The molecule has 2 heterocycles. The lowest BCUT2D eigenvalue weighted by Gasteiger charge is -2.26. The van der Waals surface area contributed by atoms with Gasteiger partial charge in [-0.15, -0.1) is 0 Å². The van der Waals surface area contributed by atoms with Gasteiger partial charge in [-0.05, 0) is 66.5 Å². The van der Waals surface area contributed by atoms with E-state index in [1.54, 1.807) is 24.7 Å². The fourth-order valence-electron chi connectivity index (χ4n) is 4.43. The molecule has 2 aromatic carbocycles. The third-order valence-electron chi connectivity index (χ3n) is 6.12. The zero-order valence-corrected chi connectivity index (χ0v) is 17.9. The fourth-order valence-corrected chi connectivity index (χ4v) is 4.43. The Balaban J connectivity index is 1.38. The lowest BCUT2D eigenvalue weighted by molar-refractivity contribution is 0.303. The maximum Gasteiger partial charge on any atom is 0.277 e. The third-order valence-corrected chi connectivity index (χ3v) is 6.12.